The van der Waals surface area contributed by atoms with Crippen LogP contribution < -0.4 is 15.4 Å². The zero-order valence-electron chi connectivity index (χ0n) is 13.9. The Kier molecular flexibility index (Phi) is 6.37. The van der Waals surface area contributed by atoms with Gasteiger partial charge in [-0.05, 0) is 30.5 Å². The van der Waals surface area contributed by atoms with Gasteiger partial charge in [0, 0.05) is 6.54 Å². The Morgan fingerprint density at radius 2 is 1.67 bits per heavy atom. The molecule has 2 rings (SSSR count). The van der Waals surface area contributed by atoms with E-state index in [0.29, 0.717) is 24.6 Å². The molecule has 0 spiro atoms. The zero-order valence-corrected chi connectivity index (χ0v) is 13.9. The van der Waals surface area contributed by atoms with Gasteiger partial charge in [-0.15, -0.1) is 0 Å². The summed E-state index contributed by atoms with van der Waals surface area (Å²) in [5.41, 5.74) is 1.59. The number of hydrogen-bond acceptors (Lipinski definition) is 3. The highest BCUT2D eigenvalue weighted by molar-refractivity contribution is 6.39. The second-order valence-corrected chi connectivity index (χ2v) is 5.41. The monoisotopic (exact) mass is 326 g/mol. The third-order valence-corrected chi connectivity index (χ3v) is 3.58. The molecular formula is C19H22N2O3. The number of ether oxygens (including phenoxy) is 1. The van der Waals surface area contributed by atoms with Crippen LogP contribution in [0.4, 0.5) is 5.69 Å². The van der Waals surface area contributed by atoms with E-state index in [4.69, 9.17) is 4.74 Å². The first-order chi connectivity index (χ1) is 11.6. The molecule has 0 fully saturated rings. The highest BCUT2D eigenvalue weighted by Gasteiger charge is 2.16. The molecule has 2 aromatic rings. The summed E-state index contributed by atoms with van der Waals surface area (Å²) in [6.07, 6.45) is 0. The van der Waals surface area contributed by atoms with Gasteiger partial charge in [0.25, 0.3) is 0 Å². The molecular weight excluding hydrogens is 304 g/mol. The van der Waals surface area contributed by atoms with Crippen LogP contribution in [-0.2, 0) is 9.59 Å². The van der Waals surface area contributed by atoms with E-state index in [2.05, 4.69) is 10.6 Å². The van der Waals surface area contributed by atoms with Gasteiger partial charge in [-0.1, -0.05) is 49.4 Å². The Labute approximate surface area is 142 Å². The molecule has 0 aliphatic heterocycles. The maximum atomic E-state index is 12.0. The molecule has 0 aromatic heterocycles. The lowest BCUT2D eigenvalue weighted by Crippen LogP contribution is -2.37. The quantitative estimate of drug-likeness (QED) is 0.802. The van der Waals surface area contributed by atoms with Crippen molar-refractivity contribution in [3.8, 4) is 5.75 Å². The molecule has 1 atom stereocenters. The number of hydrogen-bond donors (Lipinski definition) is 2. The minimum Gasteiger partial charge on any atom is -0.492 e. The Morgan fingerprint density at radius 1 is 1.00 bits per heavy atom. The first-order valence-corrected chi connectivity index (χ1v) is 7.97. The van der Waals surface area contributed by atoms with E-state index in [-0.39, 0.29) is 5.92 Å². The maximum Gasteiger partial charge on any atom is 0.313 e. The Bertz CT molecular complexity index is 686. The summed E-state index contributed by atoms with van der Waals surface area (Å²) in [6, 6.07) is 16.9. The van der Waals surface area contributed by atoms with Crippen molar-refractivity contribution in [2.75, 3.05) is 18.5 Å². The number of nitrogens with one attached hydrogen (secondary N) is 2. The van der Waals surface area contributed by atoms with Gasteiger partial charge in [-0.25, -0.2) is 0 Å². The lowest BCUT2D eigenvalue weighted by atomic mass is 10.0. The van der Waals surface area contributed by atoms with E-state index in [1.165, 1.54) is 0 Å². The first kappa shape index (κ1) is 17.5. The Morgan fingerprint density at radius 3 is 2.38 bits per heavy atom. The molecule has 0 unspecified atom stereocenters. The van der Waals surface area contributed by atoms with Gasteiger partial charge in [0.05, 0.1) is 12.3 Å². The van der Waals surface area contributed by atoms with Gasteiger partial charge < -0.3 is 15.4 Å². The van der Waals surface area contributed by atoms with Crippen LogP contribution in [0.5, 0.6) is 5.75 Å². The average Bonchev–Trinajstić information content (AvgIpc) is 2.62. The van der Waals surface area contributed by atoms with Crippen molar-refractivity contribution in [2.45, 2.75) is 19.8 Å². The molecule has 126 valence electrons. The van der Waals surface area contributed by atoms with Crippen LogP contribution in [0.1, 0.15) is 25.3 Å². The molecule has 0 bridgehead atoms. The van der Waals surface area contributed by atoms with Crippen LogP contribution in [0.25, 0.3) is 0 Å². The predicted octanol–water partition coefficient (Wildman–Crippen LogP) is 2.94. The van der Waals surface area contributed by atoms with Gasteiger partial charge in [-0.2, -0.15) is 0 Å². The minimum atomic E-state index is -0.706. The van der Waals surface area contributed by atoms with E-state index in [1.54, 1.807) is 18.2 Å². The fourth-order valence-corrected chi connectivity index (χ4v) is 2.26. The summed E-state index contributed by atoms with van der Waals surface area (Å²) in [6.45, 7) is 4.73. The van der Waals surface area contributed by atoms with Crippen LogP contribution in [0.2, 0.25) is 0 Å². The number of benzene rings is 2. The molecule has 24 heavy (non-hydrogen) atoms. The van der Waals surface area contributed by atoms with Crippen molar-refractivity contribution in [3.63, 3.8) is 0 Å². The largest absolute Gasteiger partial charge is 0.492 e. The normalized spacial score (nSPS) is 11.4. The molecule has 0 radical (unpaired) electrons. The topological polar surface area (TPSA) is 67.4 Å². The number of carbonyl (C=O) groups is 2. The lowest BCUT2D eigenvalue weighted by molar-refractivity contribution is -0.136. The number of amides is 2. The van der Waals surface area contributed by atoms with Gasteiger partial charge >= 0.3 is 11.8 Å². The fourth-order valence-electron chi connectivity index (χ4n) is 2.26. The smallest absolute Gasteiger partial charge is 0.313 e. The minimum absolute atomic E-state index is 0.124. The third-order valence-electron chi connectivity index (χ3n) is 3.58. The molecule has 0 aliphatic carbocycles. The van der Waals surface area contributed by atoms with E-state index < -0.39 is 11.8 Å². The van der Waals surface area contributed by atoms with Crippen molar-refractivity contribution in [1.82, 2.24) is 5.32 Å². The van der Waals surface area contributed by atoms with Crippen molar-refractivity contribution in [2.24, 2.45) is 0 Å². The molecule has 2 N–H and O–H groups in total. The second kappa shape index (κ2) is 8.72. The summed E-state index contributed by atoms with van der Waals surface area (Å²) in [5.74, 6) is -0.705. The summed E-state index contributed by atoms with van der Waals surface area (Å²) >= 11 is 0. The van der Waals surface area contributed by atoms with Crippen molar-refractivity contribution < 1.29 is 14.3 Å². The SMILES string of the molecule is CCOc1ccccc1NC(=O)C(=O)NC[C@@H](C)c1ccccc1. The fraction of sp³-hybridized carbons (Fsp3) is 0.263. The molecule has 0 saturated heterocycles. The molecule has 5 heteroatoms. The summed E-state index contributed by atoms with van der Waals surface area (Å²) in [4.78, 5) is 24.0. The molecule has 2 amide bonds. The third kappa shape index (κ3) is 4.84. The van der Waals surface area contributed by atoms with Gasteiger partial charge in [-0.3, -0.25) is 9.59 Å². The maximum absolute atomic E-state index is 12.0. The van der Waals surface area contributed by atoms with Gasteiger partial charge in [0.15, 0.2) is 0 Å². The van der Waals surface area contributed by atoms with Crippen molar-refractivity contribution in [1.29, 1.82) is 0 Å². The number of para-hydroxylation sites is 2. The first-order valence-electron chi connectivity index (χ1n) is 7.97. The van der Waals surface area contributed by atoms with Crippen LogP contribution in [-0.4, -0.2) is 25.0 Å². The summed E-state index contributed by atoms with van der Waals surface area (Å²) in [7, 11) is 0. The van der Waals surface area contributed by atoms with Crippen LogP contribution in [0, 0.1) is 0 Å². The number of rotatable bonds is 6. The molecule has 0 saturated carbocycles. The van der Waals surface area contributed by atoms with Crippen molar-refractivity contribution in [3.05, 3.63) is 60.2 Å². The van der Waals surface area contributed by atoms with Crippen molar-refractivity contribution >= 4 is 17.5 Å². The zero-order chi connectivity index (χ0) is 17.4. The summed E-state index contributed by atoms with van der Waals surface area (Å²) < 4.78 is 5.43. The average molecular weight is 326 g/mol. The number of carbonyl (C=O) groups excluding carboxylic acids is 2. The predicted molar refractivity (Wildman–Crippen MR) is 94.1 cm³/mol. The lowest BCUT2D eigenvalue weighted by Gasteiger charge is -2.14. The number of anilines is 1. The standard InChI is InChI=1S/C19H22N2O3/c1-3-24-17-12-8-7-11-16(17)21-19(23)18(22)20-13-14(2)15-9-5-4-6-10-15/h4-12,14H,3,13H2,1-2H3,(H,20,22)(H,21,23)/t14-/m1/s1. The van der Waals surface area contributed by atoms with Crippen LogP contribution in [0.3, 0.4) is 0 Å². The second-order valence-electron chi connectivity index (χ2n) is 5.41. The van der Waals surface area contributed by atoms with E-state index in [9.17, 15) is 9.59 Å². The highest BCUT2D eigenvalue weighted by Crippen LogP contribution is 2.23. The van der Waals surface area contributed by atoms with E-state index in [0.717, 1.165) is 5.56 Å². The van der Waals surface area contributed by atoms with Gasteiger partial charge in [0.2, 0.25) is 0 Å². The Balaban J connectivity index is 1.90. The van der Waals surface area contributed by atoms with E-state index >= 15 is 0 Å². The van der Waals surface area contributed by atoms with Crippen LogP contribution >= 0.6 is 0 Å². The van der Waals surface area contributed by atoms with Gasteiger partial charge in [0.1, 0.15) is 5.75 Å². The Hall–Kier alpha value is -2.82. The summed E-state index contributed by atoms with van der Waals surface area (Å²) in [5, 5.41) is 5.24. The van der Waals surface area contributed by atoms with E-state index in [1.807, 2.05) is 50.2 Å². The molecule has 0 heterocycles. The molecule has 5 nitrogen and oxygen atoms in total. The molecule has 0 aliphatic rings. The highest BCUT2D eigenvalue weighted by atomic mass is 16.5. The van der Waals surface area contributed by atoms with Crippen LogP contribution in [0.15, 0.2) is 54.6 Å². The molecule has 2 aromatic carbocycles.